The molecule has 0 aliphatic carbocycles. The lowest BCUT2D eigenvalue weighted by atomic mass is 9.97. The molecule has 3 heterocycles. The van der Waals surface area contributed by atoms with Crippen LogP contribution in [-0.2, 0) is 22.6 Å². The number of carbonyl (C=O) groups excluding carboxylic acids is 2. The molecule has 0 unspecified atom stereocenters. The molecule has 2 amide bonds. The molecule has 2 aliphatic rings. The molecule has 32 heavy (non-hydrogen) atoms. The zero-order valence-electron chi connectivity index (χ0n) is 17.8. The van der Waals surface area contributed by atoms with Gasteiger partial charge in [-0.05, 0) is 55.5 Å². The molecule has 0 radical (unpaired) electrons. The number of nitrogens with zero attached hydrogens (tertiary/aromatic N) is 4. The van der Waals surface area contributed by atoms with Crippen LogP contribution >= 0.6 is 0 Å². The van der Waals surface area contributed by atoms with Crippen LogP contribution < -0.4 is 5.32 Å². The normalized spacial score (nSPS) is 23.5. The highest BCUT2D eigenvalue weighted by Gasteiger charge is 2.44. The van der Waals surface area contributed by atoms with Crippen LogP contribution in [-0.4, -0.2) is 49.8 Å². The van der Waals surface area contributed by atoms with Crippen molar-refractivity contribution >= 4 is 22.8 Å². The van der Waals surface area contributed by atoms with E-state index in [0.717, 1.165) is 35.9 Å². The summed E-state index contributed by atoms with van der Waals surface area (Å²) in [7, 11) is 0. The first-order valence-electron chi connectivity index (χ1n) is 11.2. The van der Waals surface area contributed by atoms with Crippen molar-refractivity contribution in [2.75, 3.05) is 0 Å². The molecule has 2 fully saturated rings. The maximum absolute atomic E-state index is 13.6. The van der Waals surface area contributed by atoms with Crippen LogP contribution in [0.2, 0.25) is 0 Å². The van der Waals surface area contributed by atoms with Gasteiger partial charge in [0.1, 0.15) is 17.9 Å². The molecule has 0 bridgehead atoms. The van der Waals surface area contributed by atoms with E-state index in [1.54, 1.807) is 16.8 Å². The molecule has 1 N–H and O–H groups in total. The van der Waals surface area contributed by atoms with Crippen LogP contribution in [0.1, 0.15) is 37.7 Å². The minimum absolute atomic E-state index is 0.0323. The molecule has 0 saturated carbocycles. The van der Waals surface area contributed by atoms with Gasteiger partial charge in [-0.15, -0.1) is 5.10 Å². The average molecular weight is 436 g/mol. The van der Waals surface area contributed by atoms with Gasteiger partial charge < -0.3 is 10.2 Å². The van der Waals surface area contributed by atoms with Gasteiger partial charge in [-0.2, -0.15) is 0 Å². The second-order valence-electron chi connectivity index (χ2n) is 8.74. The van der Waals surface area contributed by atoms with E-state index in [-0.39, 0.29) is 42.3 Å². The fourth-order valence-corrected chi connectivity index (χ4v) is 5.15. The lowest BCUT2D eigenvalue weighted by Crippen LogP contribution is -2.49. The van der Waals surface area contributed by atoms with E-state index in [2.05, 4.69) is 15.6 Å². The molecule has 1 aromatic heterocycles. The summed E-state index contributed by atoms with van der Waals surface area (Å²) >= 11 is 0. The van der Waals surface area contributed by atoms with Gasteiger partial charge in [0.2, 0.25) is 11.8 Å². The molecule has 8 heteroatoms. The minimum Gasteiger partial charge on any atom is -0.351 e. The minimum atomic E-state index is -0.278. The van der Waals surface area contributed by atoms with Gasteiger partial charge in [-0.3, -0.25) is 9.59 Å². The summed E-state index contributed by atoms with van der Waals surface area (Å²) < 4.78 is 15.0. The molecule has 5 rings (SSSR count). The zero-order chi connectivity index (χ0) is 22.1. The molecule has 3 aromatic rings. The molecular formula is C24H26FN5O2. The van der Waals surface area contributed by atoms with Gasteiger partial charge in [0.25, 0.3) is 0 Å². The highest BCUT2D eigenvalue weighted by molar-refractivity contribution is 5.81. The quantitative estimate of drug-likeness (QED) is 0.684. The van der Waals surface area contributed by atoms with Crippen molar-refractivity contribution in [3.63, 3.8) is 0 Å². The van der Waals surface area contributed by atoms with Crippen LogP contribution in [0.15, 0.2) is 48.5 Å². The Morgan fingerprint density at radius 1 is 1.12 bits per heavy atom. The van der Waals surface area contributed by atoms with Crippen molar-refractivity contribution in [3.05, 3.63) is 59.9 Å². The summed E-state index contributed by atoms with van der Waals surface area (Å²) in [5.41, 5.74) is 2.54. The predicted molar refractivity (Wildman–Crippen MR) is 117 cm³/mol. The van der Waals surface area contributed by atoms with E-state index >= 15 is 0 Å². The number of hydrogen-bond acceptors (Lipinski definition) is 4. The van der Waals surface area contributed by atoms with Gasteiger partial charge in [-0.25, -0.2) is 9.07 Å². The van der Waals surface area contributed by atoms with E-state index in [4.69, 9.17) is 0 Å². The number of hydrogen-bond donors (Lipinski definition) is 1. The highest BCUT2D eigenvalue weighted by atomic mass is 19.1. The van der Waals surface area contributed by atoms with E-state index in [0.29, 0.717) is 19.3 Å². The summed E-state index contributed by atoms with van der Waals surface area (Å²) in [5.74, 6) is -0.257. The Bertz CT molecular complexity index is 1130. The van der Waals surface area contributed by atoms with Crippen LogP contribution in [0.4, 0.5) is 4.39 Å². The molecule has 2 aromatic carbocycles. The monoisotopic (exact) mass is 435 g/mol. The predicted octanol–water partition coefficient (Wildman–Crippen LogP) is 2.84. The van der Waals surface area contributed by atoms with Crippen LogP contribution in [0, 0.1) is 5.82 Å². The number of likely N-dealkylation sites (tertiary alicyclic amines) is 1. The van der Waals surface area contributed by atoms with Gasteiger partial charge in [0, 0.05) is 12.5 Å². The van der Waals surface area contributed by atoms with Crippen molar-refractivity contribution in [2.24, 2.45) is 0 Å². The van der Waals surface area contributed by atoms with Crippen LogP contribution in [0.5, 0.6) is 0 Å². The Kier molecular flexibility index (Phi) is 5.59. The van der Waals surface area contributed by atoms with Gasteiger partial charge in [0.05, 0.1) is 17.6 Å². The summed E-state index contributed by atoms with van der Waals surface area (Å²) in [6, 6.07) is 13.8. The number of nitrogens with one attached hydrogen (secondary N) is 1. The fraction of sp³-hybridized carbons (Fsp3) is 0.417. The topological polar surface area (TPSA) is 80.1 Å². The second-order valence-corrected chi connectivity index (χ2v) is 8.74. The van der Waals surface area contributed by atoms with Crippen molar-refractivity contribution in [1.82, 2.24) is 25.2 Å². The number of carbonyl (C=O) groups is 2. The Labute approximate surface area is 185 Å². The van der Waals surface area contributed by atoms with Crippen LogP contribution in [0.3, 0.4) is 0 Å². The van der Waals surface area contributed by atoms with Crippen molar-refractivity contribution < 1.29 is 14.0 Å². The number of aromatic nitrogens is 3. The molecule has 0 spiro atoms. The Hall–Kier alpha value is -3.29. The third kappa shape index (κ3) is 4.09. The van der Waals surface area contributed by atoms with E-state index in [1.165, 1.54) is 12.1 Å². The van der Waals surface area contributed by atoms with E-state index < -0.39 is 0 Å². The molecule has 2 aliphatic heterocycles. The maximum Gasteiger partial charge on any atom is 0.244 e. The molecule has 7 nitrogen and oxygen atoms in total. The van der Waals surface area contributed by atoms with Crippen molar-refractivity contribution in [2.45, 2.75) is 63.2 Å². The van der Waals surface area contributed by atoms with E-state index in [1.807, 2.05) is 29.2 Å². The van der Waals surface area contributed by atoms with Gasteiger partial charge >= 0.3 is 0 Å². The number of benzene rings is 2. The van der Waals surface area contributed by atoms with Gasteiger partial charge in [-0.1, -0.05) is 35.9 Å². The lowest BCUT2D eigenvalue weighted by Gasteiger charge is -2.33. The Balaban J connectivity index is 1.43. The van der Waals surface area contributed by atoms with Crippen molar-refractivity contribution in [3.8, 4) is 0 Å². The molecule has 2 saturated heterocycles. The van der Waals surface area contributed by atoms with Gasteiger partial charge in [0.15, 0.2) is 0 Å². The largest absolute Gasteiger partial charge is 0.351 e. The van der Waals surface area contributed by atoms with Crippen LogP contribution in [0.25, 0.3) is 11.0 Å². The lowest BCUT2D eigenvalue weighted by molar-refractivity contribution is -0.136. The standard InChI is InChI=1S/C24H26FN5O2/c25-17-11-9-16(10-12-17)13-18-14-20-22(7-3-4-8-23(31)26-20)30(18)24(32)15-29-21-6-2-1-5-19(21)27-28-29/h1-2,5-6,9-12,18,20,22H,3-4,7-8,13-15H2,(H,26,31)/t18-,20+,22-/m1/s1. The first kappa shape index (κ1) is 20.6. The average Bonchev–Trinajstić information content (AvgIpc) is 3.32. The highest BCUT2D eigenvalue weighted by Crippen LogP contribution is 2.32. The van der Waals surface area contributed by atoms with Crippen molar-refractivity contribution in [1.29, 1.82) is 0 Å². The third-order valence-corrected chi connectivity index (χ3v) is 6.62. The molecule has 166 valence electrons. The molecular weight excluding hydrogens is 409 g/mol. The number of halogens is 1. The summed E-state index contributed by atoms with van der Waals surface area (Å²) in [5, 5.41) is 11.5. The Morgan fingerprint density at radius 2 is 1.94 bits per heavy atom. The second kappa shape index (κ2) is 8.68. The summed E-state index contributed by atoms with van der Waals surface area (Å²) in [4.78, 5) is 27.8. The fourth-order valence-electron chi connectivity index (χ4n) is 5.15. The first-order chi connectivity index (χ1) is 15.6. The zero-order valence-corrected chi connectivity index (χ0v) is 17.8. The molecule has 3 atom stereocenters. The number of para-hydroxylation sites is 1. The van der Waals surface area contributed by atoms with E-state index in [9.17, 15) is 14.0 Å². The maximum atomic E-state index is 13.6. The Morgan fingerprint density at radius 3 is 2.78 bits per heavy atom. The summed E-state index contributed by atoms with van der Waals surface area (Å²) in [6.45, 7) is 0.0948. The smallest absolute Gasteiger partial charge is 0.244 e. The summed E-state index contributed by atoms with van der Waals surface area (Å²) in [6.07, 6.45) is 4.44. The number of fused-ring (bicyclic) bond motifs is 2. The first-order valence-corrected chi connectivity index (χ1v) is 11.2. The number of rotatable bonds is 4. The third-order valence-electron chi connectivity index (χ3n) is 6.62. The SMILES string of the molecule is O=C1CCCC[C@@H]2[C@H](C[C@@H](Cc3ccc(F)cc3)N2C(=O)Cn2nnc3ccccc32)N1. The number of amides is 2.